The fraction of sp³-hybridized carbons (Fsp3) is 0.133. The first kappa shape index (κ1) is 11.6. The Hall–Kier alpha value is -2.49. The Labute approximate surface area is 110 Å². The SMILES string of the molecule is CO/C(=C1\C=C2OCOC2=CC1=O)c1ccccc1. The molecule has 96 valence electrons. The molecule has 1 aliphatic heterocycles. The Morgan fingerprint density at radius 1 is 1.11 bits per heavy atom. The third kappa shape index (κ3) is 2.01. The van der Waals surface area contributed by atoms with E-state index in [0.717, 1.165) is 5.56 Å². The van der Waals surface area contributed by atoms with Crippen LogP contribution in [0.25, 0.3) is 5.76 Å². The minimum Gasteiger partial charge on any atom is -0.495 e. The van der Waals surface area contributed by atoms with Crippen LogP contribution in [0.1, 0.15) is 5.56 Å². The van der Waals surface area contributed by atoms with E-state index >= 15 is 0 Å². The predicted octanol–water partition coefficient (Wildman–Crippen LogP) is 2.40. The third-order valence-electron chi connectivity index (χ3n) is 2.96. The molecule has 0 saturated carbocycles. The summed E-state index contributed by atoms with van der Waals surface area (Å²) in [5.41, 5.74) is 1.32. The summed E-state index contributed by atoms with van der Waals surface area (Å²) < 4.78 is 15.9. The van der Waals surface area contributed by atoms with Crippen molar-refractivity contribution in [1.82, 2.24) is 0 Å². The molecular formula is C15H12O4. The van der Waals surface area contributed by atoms with E-state index in [1.165, 1.54) is 6.08 Å². The Morgan fingerprint density at radius 2 is 1.79 bits per heavy atom. The van der Waals surface area contributed by atoms with E-state index in [0.29, 0.717) is 22.9 Å². The minimum atomic E-state index is -0.148. The first-order valence-corrected chi connectivity index (χ1v) is 5.87. The number of carbonyl (C=O) groups excluding carboxylic acids is 1. The van der Waals surface area contributed by atoms with Crippen LogP contribution in [0, 0.1) is 0 Å². The summed E-state index contributed by atoms with van der Waals surface area (Å²) in [5.74, 6) is 1.44. The van der Waals surface area contributed by atoms with Crippen LogP contribution in [0.4, 0.5) is 0 Å². The van der Waals surface area contributed by atoms with Crippen LogP contribution in [0.15, 0.2) is 59.6 Å². The fourth-order valence-electron chi connectivity index (χ4n) is 2.07. The van der Waals surface area contributed by atoms with E-state index < -0.39 is 0 Å². The van der Waals surface area contributed by atoms with E-state index in [2.05, 4.69) is 0 Å². The van der Waals surface area contributed by atoms with Gasteiger partial charge >= 0.3 is 0 Å². The maximum absolute atomic E-state index is 12.1. The van der Waals surface area contributed by atoms with E-state index in [1.54, 1.807) is 13.2 Å². The molecule has 4 nitrogen and oxygen atoms in total. The Balaban J connectivity index is 2.11. The first-order chi connectivity index (χ1) is 9.29. The van der Waals surface area contributed by atoms with Crippen molar-refractivity contribution in [3.63, 3.8) is 0 Å². The Kier molecular flexibility index (Phi) is 2.83. The fourth-order valence-corrected chi connectivity index (χ4v) is 2.07. The highest BCUT2D eigenvalue weighted by Crippen LogP contribution is 2.31. The number of hydrogen-bond donors (Lipinski definition) is 0. The maximum atomic E-state index is 12.1. The van der Waals surface area contributed by atoms with Gasteiger partial charge in [0.15, 0.2) is 17.3 Å². The summed E-state index contributed by atoms with van der Waals surface area (Å²) >= 11 is 0. The van der Waals surface area contributed by atoms with Crippen LogP contribution in [0.3, 0.4) is 0 Å². The van der Waals surface area contributed by atoms with E-state index in [4.69, 9.17) is 14.2 Å². The van der Waals surface area contributed by atoms with Gasteiger partial charge in [-0.05, 0) is 6.08 Å². The summed E-state index contributed by atoms with van der Waals surface area (Å²) in [5, 5.41) is 0. The van der Waals surface area contributed by atoms with Crippen molar-refractivity contribution in [2.45, 2.75) is 0 Å². The molecule has 0 aromatic heterocycles. The Morgan fingerprint density at radius 3 is 2.47 bits per heavy atom. The number of ether oxygens (including phenoxy) is 3. The lowest BCUT2D eigenvalue weighted by molar-refractivity contribution is -0.111. The number of methoxy groups -OCH3 is 1. The molecule has 1 aromatic carbocycles. The molecule has 1 fully saturated rings. The summed E-state index contributed by atoms with van der Waals surface area (Å²) in [6, 6.07) is 9.48. The van der Waals surface area contributed by atoms with Crippen molar-refractivity contribution in [1.29, 1.82) is 0 Å². The normalized spacial score (nSPS) is 19.7. The second kappa shape index (κ2) is 4.65. The highest BCUT2D eigenvalue weighted by atomic mass is 16.7. The second-order valence-electron chi connectivity index (χ2n) is 4.10. The molecule has 1 heterocycles. The van der Waals surface area contributed by atoms with Crippen molar-refractivity contribution in [2.24, 2.45) is 0 Å². The summed E-state index contributed by atoms with van der Waals surface area (Å²) in [4.78, 5) is 12.1. The Bertz CT molecular complexity index is 608. The van der Waals surface area contributed by atoms with Gasteiger partial charge in [0.2, 0.25) is 6.79 Å². The van der Waals surface area contributed by atoms with E-state index in [9.17, 15) is 4.79 Å². The number of fused-ring (bicyclic) bond motifs is 1. The molecule has 3 rings (SSSR count). The van der Waals surface area contributed by atoms with Crippen molar-refractivity contribution < 1.29 is 19.0 Å². The van der Waals surface area contributed by atoms with Crippen LogP contribution in [0.5, 0.6) is 0 Å². The van der Waals surface area contributed by atoms with E-state index in [1.807, 2.05) is 30.3 Å². The monoisotopic (exact) mass is 256 g/mol. The molecule has 19 heavy (non-hydrogen) atoms. The standard InChI is InChI=1S/C15H12O4/c1-17-15(10-5-3-2-4-6-10)11-7-13-14(8-12(11)16)19-9-18-13/h2-8H,9H2,1H3/b15-11+. The van der Waals surface area contributed by atoms with Crippen LogP contribution >= 0.6 is 0 Å². The van der Waals surface area contributed by atoms with Gasteiger partial charge in [-0.15, -0.1) is 0 Å². The lowest BCUT2D eigenvalue weighted by Gasteiger charge is -2.13. The smallest absolute Gasteiger partial charge is 0.231 e. The largest absolute Gasteiger partial charge is 0.495 e. The van der Waals surface area contributed by atoms with Gasteiger partial charge in [-0.2, -0.15) is 0 Å². The topological polar surface area (TPSA) is 44.8 Å². The zero-order valence-electron chi connectivity index (χ0n) is 10.4. The molecule has 2 aliphatic rings. The summed E-state index contributed by atoms with van der Waals surface area (Å²) in [6.07, 6.45) is 3.09. The number of allylic oxidation sites excluding steroid dienone is 3. The number of ketones is 1. The molecule has 0 radical (unpaired) electrons. The quantitative estimate of drug-likeness (QED) is 0.602. The zero-order chi connectivity index (χ0) is 13.2. The molecule has 1 saturated heterocycles. The first-order valence-electron chi connectivity index (χ1n) is 5.87. The van der Waals surface area contributed by atoms with Crippen LogP contribution in [0.2, 0.25) is 0 Å². The van der Waals surface area contributed by atoms with Crippen LogP contribution in [-0.2, 0) is 19.0 Å². The molecule has 1 aromatic rings. The zero-order valence-corrected chi connectivity index (χ0v) is 10.4. The van der Waals surface area contributed by atoms with E-state index in [-0.39, 0.29) is 12.6 Å². The molecule has 0 atom stereocenters. The van der Waals surface area contributed by atoms with Crippen molar-refractivity contribution >= 4 is 11.5 Å². The lowest BCUT2D eigenvalue weighted by Crippen LogP contribution is -2.08. The van der Waals surface area contributed by atoms with Gasteiger partial charge in [-0.25, -0.2) is 0 Å². The number of rotatable bonds is 2. The van der Waals surface area contributed by atoms with Gasteiger partial charge in [0.25, 0.3) is 0 Å². The number of carbonyl (C=O) groups is 1. The molecule has 0 spiro atoms. The molecule has 0 unspecified atom stereocenters. The number of hydrogen-bond acceptors (Lipinski definition) is 4. The van der Waals surface area contributed by atoms with Gasteiger partial charge in [-0.1, -0.05) is 30.3 Å². The van der Waals surface area contributed by atoms with Crippen molar-refractivity contribution in [3.8, 4) is 0 Å². The predicted molar refractivity (Wildman–Crippen MR) is 68.6 cm³/mol. The number of benzene rings is 1. The molecule has 0 amide bonds. The van der Waals surface area contributed by atoms with Gasteiger partial charge in [0.05, 0.1) is 12.7 Å². The molecule has 0 N–H and O–H groups in total. The average Bonchev–Trinajstić information content (AvgIpc) is 2.88. The summed E-state index contributed by atoms with van der Waals surface area (Å²) in [6.45, 7) is 0.145. The second-order valence-corrected chi connectivity index (χ2v) is 4.10. The van der Waals surface area contributed by atoms with Crippen LogP contribution < -0.4 is 0 Å². The molecule has 1 aliphatic carbocycles. The lowest BCUT2D eigenvalue weighted by atomic mass is 9.99. The van der Waals surface area contributed by atoms with Gasteiger partial charge in [0, 0.05) is 11.6 Å². The molecular weight excluding hydrogens is 244 g/mol. The molecule has 0 bridgehead atoms. The minimum absolute atomic E-state index is 0.145. The van der Waals surface area contributed by atoms with Crippen LogP contribution in [-0.4, -0.2) is 19.7 Å². The molecule has 4 heteroatoms. The third-order valence-corrected chi connectivity index (χ3v) is 2.96. The maximum Gasteiger partial charge on any atom is 0.231 e. The highest BCUT2D eigenvalue weighted by Gasteiger charge is 2.27. The van der Waals surface area contributed by atoms with Gasteiger partial charge in [0.1, 0.15) is 5.76 Å². The van der Waals surface area contributed by atoms with Gasteiger partial charge < -0.3 is 14.2 Å². The summed E-state index contributed by atoms with van der Waals surface area (Å²) in [7, 11) is 1.55. The van der Waals surface area contributed by atoms with Crippen molar-refractivity contribution in [3.05, 3.63) is 65.1 Å². The highest BCUT2D eigenvalue weighted by molar-refractivity contribution is 6.12. The van der Waals surface area contributed by atoms with Crippen molar-refractivity contribution in [2.75, 3.05) is 13.9 Å². The van der Waals surface area contributed by atoms with Gasteiger partial charge in [-0.3, -0.25) is 4.79 Å². The average molecular weight is 256 g/mol.